The Morgan fingerprint density at radius 1 is 1.53 bits per heavy atom. The summed E-state index contributed by atoms with van der Waals surface area (Å²) in [6, 6.07) is 0.259. The number of aliphatic hydroxyl groups excluding tert-OH is 1. The molecule has 112 valence electrons. The van der Waals surface area contributed by atoms with Crippen LogP contribution in [0.3, 0.4) is 0 Å². The molecule has 0 aromatic carbocycles. The third-order valence-corrected chi connectivity index (χ3v) is 3.28. The van der Waals surface area contributed by atoms with Gasteiger partial charge in [-0.1, -0.05) is 0 Å². The first-order chi connectivity index (χ1) is 9.02. The average molecular weight is 273 g/mol. The highest BCUT2D eigenvalue weighted by Crippen LogP contribution is 2.17. The summed E-state index contributed by atoms with van der Waals surface area (Å²) >= 11 is 0. The number of carbonyl (C=O) groups is 1. The minimum absolute atomic E-state index is 0.0222. The smallest absolute Gasteiger partial charge is 0.234 e. The molecule has 19 heavy (non-hydrogen) atoms. The maximum atomic E-state index is 11.8. The van der Waals surface area contributed by atoms with E-state index in [1.807, 2.05) is 14.1 Å². The van der Waals surface area contributed by atoms with Crippen molar-refractivity contribution in [2.24, 2.45) is 0 Å². The molecule has 0 radical (unpaired) electrons. The van der Waals surface area contributed by atoms with Crippen molar-refractivity contribution < 1.29 is 14.6 Å². The van der Waals surface area contributed by atoms with Gasteiger partial charge in [0.15, 0.2) is 0 Å². The lowest BCUT2D eigenvalue weighted by atomic mass is 10.2. The second kappa shape index (κ2) is 8.47. The summed E-state index contributed by atoms with van der Waals surface area (Å²) in [5.74, 6) is 0.0222. The van der Waals surface area contributed by atoms with Crippen LogP contribution < -0.4 is 5.32 Å². The number of aliphatic hydroxyl groups is 1. The first kappa shape index (κ1) is 16.4. The highest BCUT2D eigenvalue weighted by molar-refractivity contribution is 5.78. The molecule has 1 rings (SSSR count). The number of β-amino-alcohol motifs (C(OH)–C–C–N with tert-alkyl or cyclic N) is 1. The van der Waals surface area contributed by atoms with Crippen molar-refractivity contribution in [1.29, 1.82) is 0 Å². The minimum Gasteiger partial charge on any atom is -0.392 e. The van der Waals surface area contributed by atoms with E-state index in [-0.39, 0.29) is 18.1 Å². The van der Waals surface area contributed by atoms with E-state index in [0.29, 0.717) is 26.2 Å². The van der Waals surface area contributed by atoms with Crippen molar-refractivity contribution in [2.75, 3.05) is 54.0 Å². The molecule has 2 unspecified atom stereocenters. The molecular weight excluding hydrogens is 246 g/mol. The second-order valence-corrected chi connectivity index (χ2v) is 5.43. The SMILES string of the molecule is COCCCNC(=O)CN1CC(O)CC1CN(C)C. The molecule has 1 aliphatic heterocycles. The van der Waals surface area contributed by atoms with Gasteiger partial charge in [-0.2, -0.15) is 0 Å². The zero-order valence-electron chi connectivity index (χ0n) is 12.3. The Morgan fingerprint density at radius 2 is 2.26 bits per heavy atom. The quantitative estimate of drug-likeness (QED) is 0.563. The summed E-state index contributed by atoms with van der Waals surface area (Å²) < 4.78 is 4.93. The van der Waals surface area contributed by atoms with E-state index in [2.05, 4.69) is 15.1 Å². The van der Waals surface area contributed by atoms with Crippen LogP contribution in [0, 0.1) is 0 Å². The zero-order valence-corrected chi connectivity index (χ0v) is 12.3. The Balaban J connectivity index is 2.30. The number of amides is 1. The second-order valence-electron chi connectivity index (χ2n) is 5.43. The van der Waals surface area contributed by atoms with Gasteiger partial charge in [-0.3, -0.25) is 9.69 Å². The van der Waals surface area contributed by atoms with Crippen LogP contribution in [0.5, 0.6) is 0 Å². The van der Waals surface area contributed by atoms with E-state index in [0.717, 1.165) is 19.4 Å². The molecule has 2 N–H and O–H groups in total. The molecule has 6 heteroatoms. The van der Waals surface area contributed by atoms with Gasteiger partial charge in [-0.15, -0.1) is 0 Å². The number of nitrogens with zero attached hydrogens (tertiary/aromatic N) is 2. The number of ether oxygens (including phenoxy) is 1. The van der Waals surface area contributed by atoms with E-state index >= 15 is 0 Å². The summed E-state index contributed by atoms with van der Waals surface area (Å²) in [6.45, 7) is 3.12. The van der Waals surface area contributed by atoms with Crippen molar-refractivity contribution in [3.05, 3.63) is 0 Å². The van der Waals surface area contributed by atoms with E-state index in [1.54, 1.807) is 7.11 Å². The number of hydrogen-bond acceptors (Lipinski definition) is 5. The van der Waals surface area contributed by atoms with Crippen LogP contribution >= 0.6 is 0 Å². The van der Waals surface area contributed by atoms with Crippen molar-refractivity contribution in [2.45, 2.75) is 25.0 Å². The maximum absolute atomic E-state index is 11.8. The Bertz CT molecular complexity index is 274. The Hall–Kier alpha value is -0.690. The highest BCUT2D eigenvalue weighted by Gasteiger charge is 2.32. The number of methoxy groups -OCH3 is 1. The van der Waals surface area contributed by atoms with Crippen LogP contribution in [-0.4, -0.2) is 87.0 Å². The Labute approximate surface area is 115 Å². The molecule has 2 atom stereocenters. The molecule has 1 fully saturated rings. The first-order valence-electron chi connectivity index (χ1n) is 6.85. The number of hydrogen-bond donors (Lipinski definition) is 2. The van der Waals surface area contributed by atoms with Gasteiger partial charge < -0.3 is 20.1 Å². The van der Waals surface area contributed by atoms with E-state index < -0.39 is 0 Å². The average Bonchev–Trinajstić information content (AvgIpc) is 2.64. The molecule has 1 saturated heterocycles. The summed E-state index contributed by atoms with van der Waals surface area (Å²) in [7, 11) is 5.67. The van der Waals surface area contributed by atoms with E-state index in [4.69, 9.17) is 4.74 Å². The third kappa shape index (κ3) is 6.33. The third-order valence-electron chi connectivity index (χ3n) is 3.28. The van der Waals surface area contributed by atoms with Crippen molar-refractivity contribution in [3.8, 4) is 0 Å². The lowest BCUT2D eigenvalue weighted by Gasteiger charge is -2.26. The van der Waals surface area contributed by atoms with Gasteiger partial charge in [0, 0.05) is 39.4 Å². The molecule has 1 amide bonds. The summed E-state index contributed by atoms with van der Waals surface area (Å²) in [5.41, 5.74) is 0. The number of carbonyl (C=O) groups excluding carboxylic acids is 1. The van der Waals surface area contributed by atoms with Crippen LogP contribution in [-0.2, 0) is 9.53 Å². The highest BCUT2D eigenvalue weighted by atomic mass is 16.5. The number of nitrogens with one attached hydrogen (secondary N) is 1. The molecule has 0 spiro atoms. The molecule has 0 bridgehead atoms. The number of likely N-dealkylation sites (tertiary alicyclic amines) is 1. The standard InChI is InChI=1S/C13H27N3O3/c1-15(2)8-11-7-12(17)9-16(11)10-13(18)14-5-4-6-19-3/h11-12,17H,4-10H2,1-3H3,(H,14,18). The van der Waals surface area contributed by atoms with Crippen LogP contribution in [0.1, 0.15) is 12.8 Å². The van der Waals surface area contributed by atoms with E-state index in [1.165, 1.54) is 0 Å². The van der Waals surface area contributed by atoms with Crippen LogP contribution in [0.4, 0.5) is 0 Å². The fourth-order valence-corrected chi connectivity index (χ4v) is 2.45. The summed E-state index contributed by atoms with van der Waals surface area (Å²) in [6.07, 6.45) is 1.26. The van der Waals surface area contributed by atoms with Gasteiger partial charge >= 0.3 is 0 Å². The van der Waals surface area contributed by atoms with Gasteiger partial charge in [0.1, 0.15) is 0 Å². The van der Waals surface area contributed by atoms with Gasteiger partial charge in [-0.05, 0) is 26.9 Å². The normalized spacial score (nSPS) is 24.1. The topological polar surface area (TPSA) is 65.0 Å². The lowest BCUT2D eigenvalue weighted by Crippen LogP contribution is -2.43. The van der Waals surface area contributed by atoms with Gasteiger partial charge in [0.05, 0.1) is 12.6 Å². The monoisotopic (exact) mass is 273 g/mol. The largest absolute Gasteiger partial charge is 0.392 e. The summed E-state index contributed by atoms with van der Waals surface area (Å²) in [5, 5.41) is 12.6. The van der Waals surface area contributed by atoms with E-state index in [9.17, 15) is 9.90 Å². The maximum Gasteiger partial charge on any atom is 0.234 e. The zero-order chi connectivity index (χ0) is 14.3. The molecular formula is C13H27N3O3. The molecule has 0 aliphatic carbocycles. The molecule has 6 nitrogen and oxygen atoms in total. The van der Waals surface area contributed by atoms with Gasteiger partial charge in [0.25, 0.3) is 0 Å². The minimum atomic E-state index is -0.314. The molecule has 0 aromatic rings. The van der Waals surface area contributed by atoms with Gasteiger partial charge in [-0.25, -0.2) is 0 Å². The van der Waals surface area contributed by atoms with Crippen LogP contribution in [0.2, 0.25) is 0 Å². The molecule has 1 aliphatic rings. The molecule has 1 heterocycles. The molecule has 0 aromatic heterocycles. The first-order valence-corrected chi connectivity index (χ1v) is 6.85. The van der Waals surface area contributed by atoms with Crippen LogP contribution in [0.15, 0.2) is 0 Å². The predicted molar refractivity (Wildman–Crippen MR) is 74.0 cm³/mol. The Morgan fingerprint density at radius 3 is 2.89 bits per heavy atom. The fraction of sp³-hybridized carbons (Fsp3) is 0.923. The number of likely N-dealkylation sites (N-methyl/N-ethyl adjacent to an activating group) is 1. The van der Waals surface area contributed by atoms with Gasteiger partial charge in [0.2, 0.25) is 5.91 Å². The lowest BCUT2D eigenvalue weighted by molar-refractivity contribution is -0.122. The predicted octanol–water partition coefficient (Wildman–Crippen LogP) is -0.864. The number of rotatable bonds is 8. The fourth-order valence-electron chi connectivity index (χ4n) is 2.45. The van der Waals surface area contributed by atoms with Crippen molar-refractivity contribution >= 4 is 5.91 Å². The Kier molecular flexibility index (Phi) is 7.30. The van der Waals surface area contributed by atoms with Crippen molar-refractivity contribution in [3.63, 3.8) is 0 Å². The molecule has 0 saturated carbocycles. The summed E-state index contributed by atoms with van der Waals surface area (Å²) in [4.78, 5) is 16.0. The van der Waals surface area contributed by atoms with Crippen LogP contribution in [0.25, 0.3) is 0 Å². The van der Waals surface area contributed by atoms with Crippen molar-refractivity contribution in [1.82, 2.24) is 15.1 Å².